The molecule has 0 unspecified atom stereocenters. The summed E-state index contributed by atoms with van der Waals surface area (Å²) in [7, 11) is 1.34. The van der Waals surface area contributed by atoms with Gasteiger partial charge in [-0.1, -0.05) is 11.6 Å². The molecule has 0 radical (unpaired) electrons. The zero-order valence-electron chi connectivity index (χ0n) is 10.3. The molecule has 18 heavy (non-hydrogen) atoms. The Morgan fingerprint density at radius 1 is 1.56 bits per heavy atom. The van der Waals surface area contributed by atoms with E-state index in [4.69, 9.17) is 16.3 Å². The van der Waals surface area contributed by atoms with Gasteiger partial charge in [-0.3, -0.25) is 4.79 Å². The number of ether oxygens (including phenoxy) is 1. The predicted octanol–water partition coefficient (Wildman–Crippen LogP) is 3.85. The minimum Gasteiger partial charge on any atom is -0.469 e. The number of rotatable bonds is 4. The van der Waals surface area contributed by atoms with Gasteiger partial charge in [0.05, 0.1) is 23.2 Å². The first-order valence-electron chi connectivity index (χ1n) is 5.25. The summed E-state index contributed by atoms with van der Waals surface area (Å²) in [4.78, 5) is 11.5. The fourth-order valence-electron chi connectivity index (χ4n) is 1.37. The zero-order chi connectivity index (χ0) is 13.9. The number of methoxy groups -OCH3 is 1. The normalized spacial score (nSPS) is 11.2. The lowest BCUT2D eigenvalue weighted by Gasteiger charge is -2.23. The van der Waals surface area contributed by atoms with Crippen LogP contribution in [0.3, 0.4) is 0 Å². The van der Waals surface area contributed by atoms with Gasteiger partial charge in [0.25, 0.3) is 0 Å². The summed E-state index contributed by atoms with van der Waals surface area (Å²) >= 11 is 9.15. The molecule has 0 heterocycles. The standard InChI is InChI=1S/C12H14BrClFNO2/c1-12(2,11(17)18-3)6-16-10-8(13)4-7(15)5-9(10)14/h4-5,16H,6H2,1-3H3. The summed E-state index contributed by atoms with van der Waals surface area (Å²) in [6, 6.07) is 2.51. The molecule has 3 nitrogen and oxygen atoms in total. The summed E-state index contributed by atoms with van der Waals surface area (Å²) in [5.74, 6) is -0.756. The molecule has 1 aromatic rings. The number of hydrogen-bond donors (Lipinski definition) is 1. The van der Waals surface area contributed by atoms with Crippen molar-refractivity contribution in [2.45, 2.75) is 13.8 Å². The molecule has 0 aromatic heterocycles. The highest BCUT2D eigenvalue weighted by molar-refractivity contribution is 9.10. The van der Waals surface area contributed by atoms with Crippen molar-refractivity contribution in [3.05, 3.63) is 27.4 Å². The third kappa shape index (κ3) is 3.59. The minimum absolute atomic E-state index is 0.252. The second-order valence-electron chi connectivity index (χ2n) is 4.47. The van der Waals surface area contributed by atoms with Crippen LogP contribution in [0, 0.1) is 11.2 Å². The van der Waals surface area contributed by atoms with Crippen molar-refractivity contribution in [3.63, 3.8) is 0 Å². The van der Waals surface area contributed by atoms with Gasteiger partial charge in [0.15, 0.2) is 0 Å². The largest absolute Gasteiger partial charge is 0.469 e. The van der Waals surface area contributed by atoms with Crippen LogP contribution >= 0.6 is 27.5 Å². The van der Waals surface area contributed by atoms with Crippen LogP contribution in [0.2, 0.25) is 5.02 Å². The van der Waals surface area contributed by atoms with E-state index >= 15 is 0 Å². The van der Waals surface area contributed by atoms with Crippen LogP contribution in [-0.4, -0.2) is 19.6 Å². The molecular weight excluding hydrogens is 324 g/mol. The van der Waals surface area contributed by atoms with Gasteiger partial charge in [0, 0.05) is 11.0 Å². The summed E-state index contributed by atoms with van der Waals surface area (Å²) in [6.45, 7) is 3.82. The van der Waals surface area contributed by atoms with E-state index in [2.05, 4.69) is 21.2 Å². The van der Waals surface area contributed by atoms with E-state index in [-0.39, 0.29) is 11.0 Å². The van der Waals surface area contributed by atoms with Crippen LogP contribution in [0.25, 0.3) is 0 Å². The van der Waals surface area contributed by atoms with Gasteiger partial charge in [-0.15, -0.1) is 0 Å². The molecule has 0 fully saturated rings. The number of carbonyl (C=O) groups excluding carboxylic acids is 1. The Labute approximate surface area is 119 Å². The second-order valence-corrected chi connectivity index (χ2v) is 5.73. The molecule has 0 saturated carbocycles. The molecule has 6 heteroatoms. The molecule has 0 saturated heterocycles. The SMILES string of the molecule is COC(=O)C(C)(C)CNc1c(Cl)cc(F)cc1Br. The second kappa shape index (κ2) is 5.89. The number of esters is 1. The van der Waals surface area contributed by atoms with Crippen LogP contribution in [0.1, 0.15) is 13.8 Å². The average Bonchev–Trinajstić information content (AvgIpc) is 2.26. The molecule has 0 spiro atoms. The van der Waals surface area contributed by atoms with Crippen molar-refractivity contribution < 1.29 is 13.9 Å². The van der Waals surface area contributed by atoms with Gasteiger partial charge < -0.3 is 10.1 Å². The topological polar surface area (TPSA) is 38.3 Å². The maximum Gasteiger partial charge on any atom is 0.313 e. The lowest BCUT2D eigenvalue weighted by Crippen LogP contribution is -2.33. The van der Waals surface area contributed by atoms with Crippen LogP contribution in [0.15, 0.2) is 16.6 Å². The smallest absolute Gasteiger partial charge is 0.313 e. The zero-order valence-corrected chi connectivity index (χ0v) is 12.7. The molecule has 1 N–H and O–H groups in total. The lowest BCUT2D eigenvalue weighted by atomic mass is 9.93. The number of anilines is 1. The molecule has 0 bridgehead atoms. The van der Waals surface area contributed by atoms with Crippen LogP contribution in [0.5, 0.6) is 0 Å². The fraction of sp³-hybridized carbons (Fsp3) is 0.417. The van der Waals surface area contributed by atoms with E-state index in [1.54, 1.807) is 13.8 Å². The summed E-state index contributed by atoms with van der Waals surface area (Å²) in [6.07, 6.45) is 0. The number of nitrogens with one attached hydrogen (secondary N) is 1. The van der Waals surface area contributed by atoms with Gasteiger partial charge >= 0.3 is 5.97 Å². The molecule has 0 amide bonds. The first-order valence-corrected chi connectivity index (χ1v) is 6.42. The van der Waals surface area contributed by atoms with Crippen molar-refractivity contribution in [2.75, 3.05) is 19.0 Å². The van der Waals surface area contributed by atoms with Crippen LogP contribution in [-0.2, 0) is 9.53 Å². The highest BCUT2D eigenvalue weighted by Gasteiger charge is 2.28. The first kappa shape index (κ1) is 15.2. The van der Waals surface area contributed by atoms with Crippen molar-refractivity contribution >= 4 is 39.2 Å². The maximum atomic E-state index is 13.0. The molecular formula is C12H14BrClFNO2. The Hall–Kier alpha value is -0.810. The summed E-state index contributed by atoms with van der Waals surface area (Å²) in [5, 5.41) is 3.27. The Morgan fingerprint density at radius 3 is 2.67 bits per heavy atom. The van der Waals surface area contributed by atoms with E-state index in [9.17, 15) is 9.18 Å². The maximum absolute atomic E-state index is 13.0. The van der Waals surface area contributed by atoms with Crippen molar-refractivity contribution in [1.29, 1.82) is 0 Å². The Balaban J connectivity index is 2.84. The van der Waals surface area contributed by atoms with Gasteiger partial charge in [-0.05, 0) is 41.9 Å². The highest BCUT2D eigenvalue weighted by atomic mass is 79.9. The molecule has 1 rings (SSSR count). The van der Waals surface area contributed by atoms with E-state index in [0.717, 1.165) is 0 Å². The van der Waals surface area contributed by atoms with Crippen molar-refractivity contribution in [1.82, 2.24) is 0 Å². The van der Waals surface area contributed by atoms with Crippen molar-refractivity contribution in [2.24, 2.45) is 5.41 Å². The Kier molecular flexibility index (Phi) is 4.99. The molecule has 100 valence electrons. The minimum atomic E-state index is -0.702. The summed E-state index contributed by atoms with van der Waals surface area (Å²) in [5.41, 5.74) is -0.152. The van der Waals surface area contributed by atoms with Crippen LogP contribution < -0.4 is 5.32 Å². The summed E-state index contributed by atoms with van der Waals surface area (Å²) < 4.78 is 18.3. The number of carbonyl (C=O) groups is 1. The van der Waals surface area contributed by atoms with E-state index in [0.29, 0.717) is 16.7 Å². The van der Waals surface area contributed by atoms with Gasteiger partial charge in [0.1, 0.15) is 5.82 Å². The predicted molar refractivity (Wildman–Crippen MR) is 73.4 cm³/mol. The Morgan fingerprint density at radius 2 is 2.17 bits per heavy atom. The Bertz CT molecular complexity index is 442. The van der Waals surface area contributed by atoms with E-state index < -0.39 is 11.2 Å². The average molecular weight is 339 g/mol. The number of hydrogen-bond acceptors (Lipinski definition) is 3. The third-order valence-corrected chi connectivity index (χ3v) is 3.38. The van der Waals surface area contributed by atoms with E-state index in [1.165, 1.54) is 19.2 Å². The molecule has 0 atom stereocenters. The molecule has 0 aliphatic heterocycles. The molecule has 0 aliphatic carbocycles. The molecule has 0 aliphatic rings. The number of halogens is 3. The van der Waals surface area contributed by atoms with E-state index in [1.807, 2.05) is 0 Å². The van der Waals surface area contributed by atoms with Crippen molar-refractivity contribution in [3.8, 4) is 0 Å². The van der Waals surface area contributed by atoms with Gasteiger partial charge in [0.2, 0.25) is 0 Å². The molecule has 1 aromatic carbocycles. The van der Waals surface area contributed by atoms with Crippen LogP contribution in [0.4, 0.5) is 10.1 Å². The fourth-order valence-corrected chi connectivity index (χ4v) is 2.33. The monoisotopic (exact) mass is 337 g/mol. The highest BCUT2D eigenvalue weighted by Crippen LogP contribution is 2.32. The quantitative estimate of drug-likeness (QED) is 0.847. The first-order chi connectivity index (χ1) is 8.27. The van der Waals surface area contributed by atoms with Gasteiger partial charge in [-0.25, -0.2) is 4.39 Å². The third-order valence-electron chi connectivity index (χ3n) is 2.45. The lowest BCUT2D eigenvalue weighted by molar-refractivity contribution is -0.149. The van der Waals surface area contributed by atoms with Gasteiger partial charge in [-0.2, -0.15) is 0 Å². The number of benzene rings is 1.